The van der Waals surface area contributed by atoms with Gasteiger partial charge in [-0.3, -0.25) is 19.4 Å². The molecule has 3 N–H and O–H groups in total. The summed E-state index contributed by atoms with van der Waals surface area (Å²) in [6.07, 6.45) is 5.12. The number of aryl methyl sites for hydroxylation is 2. The van der Waals surface area contributed by atoms with Gasteiger partial charge in [-0.2, -0.15) is 5.10 Å². The maximum absolute atomic E-state index is 13.0. The minimum Gasteiger partial charge on any atom is -0.394 e. The van der Waals surface area contributed by atoms with Gasteiger partial charge in [0.1, 0.15) is 17.2 Å². The van der Waals surface area contributed by atoms with Gasteiger partial charge in [0, 0.05) is 30.0 Å². The first kappa shape index (κ1) is 21.1. The average molecular weight is 429 g/mol. The molecule has 4 aromatic heterocycles. The smallest absolute Gasteiger partial charge is 0.274 e. The molecule has 0 aliphatic rings. The number of hydrogen-bond acceptors (Lipinski definition) is 7. The molecule has 0 saturated carbocycles. The molecule has 4 rings (SSSR count). The summed E-state index contributed by atoms with van der Waals surface area (Å²) in [6, 6.07) is 12.6. The van der Waals surface area contributed by atoms with E-state index in [2.05, 4.69) is 30.7 Å². The van der Waals surface area contributed by atoms with E-state index in [1.54, 1.807) is 47.5 Å². The van der Waals surface area contributed by atoms with Crippen LogP contribution >= 0.6 is 0 Å². The molecule has 0 spiro atoms. The first-order valence-corrected chi connectivity index (χ1v) is 10.1. The predicted octanol–water partition coefficient (Wildman–Crippen LogP) is 3.34. The number of carbonyl (C=O) groups is 1. The number of aliphatic hydroxyl groups excluding tert-OH is 1. The zero-order valence-corrected chi connectivity index (χ0v) is 17.8. The molecule has 162 valence electrons. The van der Waals surface area contributed by atoms with Crippen molar-refractivity contribution in [2.75, 3.05) is 17.2 Å². The van der Waals surface area contributed by atoms with Crippen LogP contribution in [0.1, 0.15) is 21.7 Å². The van der Waals surface area contributed by atoms with Crippen LogP contribution in [0.3, 0.4) is 0 Å². The number of nitrogens with zero attached hydrogens (tertiary/aromatic N) is 5. The van der Waals surface area contributed by atoms with Gasteiger partial charge in [0.15, 0.2) is 0 Å². The first-order valence-electron chi connectivity index (χ1n) is 10.1. The highest BCUT2D eigenvalue weighted by Crippen LogP contribution is 2.25. The molecule has 0 atom stereocenters. The SMILES string of the molecule is Cc1cc(Nc2cccc(C(=O)Nc3cn(CCO)nc3-c3ccccn3)n2)c(C)cn1. The van der Waals surface area contributed by atoms with Gasteiger partial charge in [-0.25, -0.2) is 4.98 Å². The van der Waals surface area contributed by atoms with E-state index >= 15 is 0 Å². The largest absolute Gasteiger partial charge is 0.394 e. The van der Waals surface area contributed by atoms with E-state index in [-0.39, 0.29) is 18.2 Å². The number of carbonyl (C=O) groups excluding carboxylic acids is 1. The predicted molar refractivity (Wildman–Crippen MR) is 122 cm³/mol. The highest BCUT2D eigenvalue weighted by atomic mass is 16.3. The van der Waals surface area contributed by atoms with Crippen molar-refractivity contribution in [3.05, 3.63) is 78.0 Å². The van der Waals surface area contributed by atoms with Crippen molar-refractivity contribution in [1.29, 1.82) is 0 Å². The number of nitrogens with one attached hydrogen (secondary N) is 2. The molecule has 0 saturated heterocycles. The van der Waals surface area contributed by atoms with Crippen LogP contribution in [0.5, 0.6) is 0 Å². The minimum absolute atomic E-state index is 0.0696. The number of rotatable bonds is 7. The Morgan fingerprint density at radius 1 is 1.09 bits per heavy atom. The fraction of sp³-hybridized carbons (Fsp3) is 0.174. The lowest BCUT2D eigenvalue weighted by Gasteiger charge is -2.10. The Morgan fingerprint density at radius 2 is 1.97 bits per heavy atom. The zero-order chi connectivity index (χ0) is 22.5. The summed E-state index contributed by atoms with van der Waals surface area (Å²) < 4.78 is 1.57. The van der Waals surface area contributed by atoms with Crippen molar-refractivity contribution in [2.45, 2.75) is 20.4 Å². The second kappa shape index (κ2) is 9.36. The van der Waals surface area contributed by atoms with E-state index in [0.717, 1.165) is 16.9 Å². The number of aliphatic hydroxyl groups is 1. The highest BCUT2D eigenvalue weighted by Gasteiger charge is 2.17. The third-order valence-corrected chi connectivity index (χ3v) is 4.73. The van der Waals surface area contributed by atoms with Crippen molar-refractivity contribution in [3.63, 3.8) is 0 Å². The molecule has 4 heterocycles. The monoisotopic (exact) mass is 429 g/mol. The van der Waals surface area contributed by atoms with Crippen molar-refractivity contribution >= 4 is 23.1 Å². The third kappa shape index (κ3) is 4.79. The Bertz CT molecular complexity index is 1240. The van der Waals surface area contributed by atoms with Gasteiger partial charge < -0.3 is 15.7 Å². The summed E-state index contributed by atoms with van der Waals surface area (Å²) in [5.41, 5.74) is 4.61. The van der Waals surface area contributed by atoms with E-state index in [1.807, 2.05) is 32.0 Å². The summed E-state index contributed by atoms with van der Waals surface area (Å²) in [6.45, 7) is 4.10. The molecule has 0 bridgehead atoms. The van der Waals surface area contributed by atoms with Crippen molar-refractivity contribution < 1.29 is 9.90 Å². The number of aromatic nitrogens is 5. The first-order chi connectivity index (χ1) is 15.5. The molecule has 0 radical (unpaired) electrons. The number of pyridine rings is 3. The maximum atomic E-state index is 13.0. The average Bonchev–Trinajstić information content (AvgIpc) is 3.19. The lowest BCUT2D eigenvalue weighted by Crippen LogP contribution is -2.14. The van der Waals surface area contributed by atoms with Gasteiger partial charge in [-0.05, 0) is 49.7 Å². The second-order valence-electron chi connectivity index (χ2n) is 7.22. The Morgan fingerprint density at radius 3 is 2.75 bits per heavy atom. The normalized spacial score (nSPS) is 10.7. The Kier molecular flexibility index (Phi) is 6.18. The third-order valence-electron chi connectivity index (χ3n) is 4.73. The summed E-state index contributed by atoms with van der Waals surface area (Å²) in [5, 5.41) is 19.8. The van der Waals surface area contributed by atoms with Gasteiger partial charge in [-0.15, -0.1) is 0 Å². The van der Waals surface area contributed by atoms with E-state index in [9.17, 15) is 9.90 Å². The molecular weight excluding hydrogens is 406 g/mol. The van der Waals surface area contributed by atoms with Crippen LogP contribution in [-0.2, 0) is 6.54 Å². The molecule has 0 unspecified atom stereocenters. The van der Waals surface area contributed by atoms with E-state index < -0.39 is 0 Å². The molecule has 4 aromatic rings. The fourth-order valence-electron chi connectivity index (χ4n) is 3.14. The zero-order valence-electron chi connectivity index (χ0n) is 17.8. The highest BCUT2D eigenvalue weighted by molar-refractivity contribution is 6.04. The lowest BCUT2D eigenvalue weighted by atomic mass is 10.2. The Labute approximate surface area is 185 Å². The lowest BCUT2D eigenvalue weighted by molar-refractivity contribution is 0.102. The van der Waals surface area contributed by atoms with Crippen LogP contribution in [0, 0.1) is 13.8 Å². The summed E-state index contributed by atoms with van der Waals surface area (Å²) >= 11 is 0. The molecule has 0 aliphatic carbocycles. The molecule has 32 heavy (non-hydrogen) atoms. The Hall–Kier alpha value is -4.11. The van der Waals surface area contributed by atoms with E-state index in [4.69, 9.17) is 0 Å². The molecule has 0 fully saturated rings. The van der Waals surface area contributed by atoms with Crippen LogP contribution in [0.2, 0.25) is 0 Å². The number of anilines is 3. The molecule has 0 aromatic carbocycles. The van der Waals surface area contributed by atoms with Crippen LogP contribution in [-0.4, -0.2) is 42.4 Å². The van der Waals surface area contributed by atoms with Gasteiger partial charge >= 0.3 is 0 Å². The summed E-state index contributed by atoms with van der Waals surface area (Å²) in [5.74, 6) is 0.171. The summed E-state index contributed by atoms with van der Waals surface area (Å²) in [4.78, 5) is 26.0. The van der Waals surface area contributed by atoms with Gasteiger partial charge in [-0.1, -0.05) is 12.1 Å². The minimum atomic E-state index is -0.378. The van der Waals surface area contributed by atoms with Crippen LogP contribution in [0.25, 0.3) is 11.4 Å². The van der Waals surface area contributed by atoms with Crippen molar-refractivity contribution in [3.8, 4) is 11.4 Å². The van der Waals surface area contributed by atoms with Crippen molar-refractivity contribution in [1.82, 2.24) is 24.7 Å². The van der Waals surface area contributed by atoms with Gasteiger partial charge in [0.05, 0.1) is 24.5 Å². The Balaban J connectivity index is 1.58. The maximum Gasteiger partial charge on any atom is 0.274 e. The van der Waals surface area contributed by atoms with Gasteiger partial charge in [0.2, 0.25) is 0 Å². The summed E-state index contributed by atoms with van der Waals surface area (Å²) in [7, 11) is 0. The van der Waals surface area contributed by atoms with Crippen molar-refractivity contribution in [2.24, 2.45) is 0 Å². The molecule has 0 aliphatic heterocycles. The second-order valence-corrected chi connectivity index (χ2v) is 7.22. The number of amides is 1. The fourth-order valence-corrected chi connectivity index (χ4v) is 3.14. The molecule has 9 nitrogen and oxygen atoms in total. The van der Waals surface area contributed by atoms with Gasteiger partial charge in [0.25, 0.3) is 5.91 Å². The molecule has 9 heteroatoms. The number of hydrogen-bond donors (Lipinski definition) is 3. The van der Waals surface area contributed by atoms with E-state index in [0.29, 0.717) is 29.4 Å². The van der Waals surface area contributed by atoms with E-state index in [1.165, 1.54) is 0 Å². The topological polar surface area (TPSA) is 118 Å². The quantitative estimate of drug-likeness (QED) is 0.412. The van der Waals surface area contributed by atoms with Crippen LogP contribution in [0.15, 0.2) is 61.1 Å². The molecule has 1 amide bonds. The standard InChI is InChI=1S/C23H23N7O2/c1-15-13-25-16(2)12-19(15)27-21-8-5-7-18(26-21)23(32)28-20-14-30(10-11-31)29-22(20)17-6-3-4-9-24-17/h3-9,12-14,31H,10-11H2,1-2H3,(H,28,32)(H,25,26,27). The van der Waals surface area contributed by atoms with Crippen LogP contribution < -0.4 is 10.6 Å². The molecular formula is C23H23N7O2. The van der Waals surface area contributed by atoms with Crippen LogP contribution in [0.4, 0.5) is 17.2 Å².